The first-order chi connectivity index (χ1) is 21.5. The standard InChI is InChI=1S/C34H34F4N4O3/c1-22-8-5-6-11-24(22)18-40-16-14-33(15-17-40)30-29(21-45-33)41(19-25-26(34(36,37)38)12-7-13-27(25)35)32(44)42(31(30)43)20-28(39)23-9-3-2-4-10-23/h2-13,28H,14-21,39H2,1H3. The Morgan fingerprint density at radius 1 is 0.911 bits per heavy atom. The molecule has 1 fully saturated rings. The molecule has 1 saturated heterocycles. The molecule has 7 nitrogen and oxygen atoms in total. The fourth-order valence-electron chi connectivity index (χ4n) is 6.59. The lowest BCUT2D eigenvalue weighted by Crippen LogP contribution is -2.49. The van der Waals surface area contributed by atoms with E-state index in [1.807, 2.05) is 18.2 Å². The molecular formula is C34H34F4N4O3. The third-order valence-electron chi connectivity index (χ3n) is 9.14. The maximum absolute atomic E-state index is 15.0. The van der Waals surface area contributed by atoms with Crippen molar-refractivity contribution in [2.24, 2.45) is 5.73 Å². The van der Waals surface area contributed by atoms with Crippen molar-refractivity contribution in [2.45, 2.75) is 63.8 Å². The molecule has 0 bridgehead atoms. The zero-order valence-corrected chi connectivity index (χ0v) is 24.8. The molecule has 4 aromatic rings. The van der Waals surface area contributed by atoms with Crippen molar-refractivity contribution < 1.29 is 22.3 Å². The van der Waals surface area contributed by atoms with E-state index in [1.165, 1.54) is 11.1 Å². The summed E-state index contributed by atoms with van der Waals surface area (Å²) in [7, 11) is 0. The summed E-state index contributed by atoms with van der Waals surface area (Å²) in [6.45, 7) is 2.88. The van der Waals surface area contributed by atoms with Gasteiger partial charge in [-0.1, -0.05) is 60.7 Å². The van der Waals surface area contributed by atoms with Gasteiger partial charge in [0.2, 0.25) is 0 Å². The van der Waals surface area contributed by atoms with Gasteiger partial charge >= 0.3 is 11.9 Å². The summed E-state index contributed by atoms with van der Waals surface area (Å²) in [4.78, 5) is 30.4. The fourth-order valence-corrected chi connectivity index (χ4v) is 6.59. The number of nitrogens with two attached hydrogens (primary N) is 1. The number of piperidine rings is 1. The number of halogens is 4. The van der Waals surface area contributed by atoms with Gasteiger partial charge in [-0.25, -0.2) is 9.18 Å². The van der Waals surface area contributed by atoms with Crippen molar-refractivity contribution in [3.8, 4) is 0 Å². The number of likely N-dealkylation sites (tertiary alicyclic amines) is 1. The first kappa shape index (κ1) is 30.9. The monoisotopic (exact) mass is 622 g/mol. The summed E-state index contributed by atoms with van der Waals surface area (Å²) >= 11 is 0. The SMILES string of the molecule is Cc1ccccc1CN1CCC2(CC1)OCc1c2c(=O)n(CC(N)c2ccccc2)c(=O)n1Cc1c(F)cccc1C(F)(F)F. The molecule has 1 unspecified atom stereocenters. The summed E-state index contributed by atoms with van der Waals surface area (Å²) in [5, 5.41) is 0. The van der Waals surface area contributed by atoms with Crippen LogP contribution < -0.4 is 17.0 Å². The topological polar surface area (TPSA) is 82.5 Å². The van der Waals surface area contributed by atoms with Crippen molar-refractivity contribution in [3.05, 3.63) is 139 Å². The molecular weight excluding hydrogens is 588 g/mol. The second kappa shape index (κ2) is 12.0. The van der Waals surface area contributed by atoms with Gasteiger partial charge in [-0.15, -0.1) is 0 Å². The molecule has 236 valence electrons. The van der Waals surface area contributed by atoms with Crippen LogP contribution in [0.5, 0.6) is 0 Å². The van der Waals surface area contributed by atoms with E-state index in [1.54, 1.807) is 24.3 Å². The number of hydrogen-bond donors (Lipinski definition) is 1. The number of aromatic nitrogens is 2. The van der Waals surface area contributed by atoms with Gasteiger partial charge in [0.1, 0.15) is 11.4 Å². The Hall–Kier alpha value is -4.06. The van der Waals surface area contributed by atoms with Crippen LogP contribution in [0.1, 0.15) is 58.0 Å². The number of alkyl halides is 3. The zero-order chi connectivity index (χ0) is 31.9. The van der Waals surface area contributed by atoms with E-state index < -0.39 is 52.6 Å². The van der Waals surface area contributed by atoms with Crippen LogP contribution in [-0.4, -0.2) is 27.1 Å². The molecule has 11 heteroatoms. The van der Waals surface area contributed by atoms with Gasteiger partial charge in [-0.3, -0.25) is 18.8 Å². The van der Waals surface area contributed by atoms with E-state index in [0.29, 0.717) is 31.5 Å². The average molecular weight is 623 g/mol. The van der Waals surface area contributed by atoms with Crippen LogP contribution in [0.15, 0.2) is 82.4 Å². The quantitative estimate of drug-likeness (QED) is 0.285. The minimum absolute atomic E-state index is 0.154. The van der Waals surface area contributed by atoms with Gasteiger partial charge < -0.3 is 10.5 Å². The molecule has 2 N–H and O–H groups in total. The van der Waals surface area contributed by atoms with Crippen LogP contribution in [0, 0.1) is 12.7 Å². The van der Waals surface area contributed by atoms with E-state index in [4.69, 9.17) is 10.5 Å². The van der Waals surface area contributed by atoms with Gasteiger partial charge in [-0.2, -0.15) is 13.2 Å². The average Bonchev–Trinajstić information content (AvgIpc) is 3.38. The number of benzene rings is 3. The van der Waals surface area contributed by atoms with Crippen LogP contribution in [-0.2, 0) is 42.8 Å². The predicted octanol–water partition coefficient (Wildman–Crippen LogP) is 5.25. The van der Waals surface area contributed by atoms with Gasteiger partial charge in [-0.05, 0) is 48.6 Å². The first-order valence-corrected chi connectivity index (χ1v) is 14.9. The summed E-state index contributed by atoms with van der Waals surface area (Å²) in [6.07, 6.45) is -3.97. The fraction of sp³-hybridized carbons (Fsp3) is 0.353. The normalized spacial score (nSPS) is 17.0. The van der Waals surface area contributed by atoms with Crippen LogP contribution >= 0.6 is 0 Å². The highest BCUT2D eigenvalue weighted by atomic mass is 19.4. The van der Waals surface area contributed by atoms with Crippen molar-refractivity contribution in [2.75, 3.05) is 13.1 Å². The van der Waals surface area contributed by atoms with Crippen molar-refractivity contribution >= 4 is 0 Å². The molecule has 2 aliphatic rings. The van der Waals surface area contributed by atoms with Crippen LogP contribution in [0.4, 0.5) is 17.6 Å². The van der Waals surface area contributed by atoms with E-state index in [0.717, 1.165) is 33.9 Å². The highest BCUT2D eigenvalue weighted by Crippen LogP contribution is 2.43. The van der Waals surface area contributed by atoms with Gasteiger partial charge in [0.05, 0.1) is 36.5 Å². The van der Waals surface area contributed by atoms with Gasteiger partial charge in [0.25, 0.3) is 5.56 Å². The lowest BCUT2D eigenvalue weighted by atomic mass is 9.85. The maximum Gasteiger partial charge on any atom is 0.416 e. The number of fused-ring (bicyclic) bond motifs is 2. The van der Waals surface area contributed by atoms with Crippen molar-refractivity contribution in [3.63, 3.8) is 0 Å². The summed E-state index contributed by atoms with van der Waals surface area (Å²) in [5.74, 6) is -1.10. The third-order valence-corrected chi connectivity index (χ3v) is 9.14. The third kappa shape index (κ3) is 5.87. The Labute approximate surface area is 257 Å². The second-order valence-corrected chi connectivity index (χ2v) is 11.9. The Kier molecular flexibility index (Phi) is 8.28. The molecule has 1 aromatic heterocycles. The van der Waals surface area contributed by atoms with Crippen molar-refractivity contribution in [1.82, 2.24) is 14.0 Å². The number of nitrogens with zero attached hydrogens (tertiary/aromatic N) is 3. The molecule has 45 heavy (non-hydrogen) atoms. The molecule has 0 radical (unpaired) electrons. The van der Waals surface area contributed by atoms with E-state index in [-0.39, 0.29) is 24.4 Å². The Morgan fingerprint density at radius 3 is 2.29 bits per heavy atom. The molecule has 0 aliphatic carbocycles. The van der Waals surface area contributed by atoms with Gasteiger partial charge in [0, 0.05) is 31.2 Å². The van der Waals surface area contributed by atoms with E-state index >= 15 is 4.39 Å². The van der Waals surface area contributed by atoms with Crippen LogP contribution in [0.2, 0.25) is 0 Å². The molecule has 3 aromatic carbocycles. The largest absolute Gasteiger partial charge is 0.416 e. The summed E-state index contributed by atoms with van der Waals surface area (Å²) in [6, 6.07) is 19.0. The molecule has 0 saturated carbocycles. The summed E-state index contributed by atoms with van der Waals surface area (Å²) < 4.78 is 65.2. The lowest BCUT2D eigenvalue weighted by molar-refractivity contribution is -0.138. The molecule has 1 atom stereocenters. The number of aryl methyl sites for hydroxylation is 1. The van der Waals surface area contributed by atoms with E-state index in [2.05, 4.69) is 24.0 Å². The minimum Gasteiger partial charge on any atom is -0.364 e. The molecule has 6 rings (SSSR count). The highest BCUT2D eigenvalue weighted by Gasteiger charge is 2.47. The van der Waals surface area contributed by atoms with Gasteiger partial charge in [0.15, 0.2) is 0 Å². The zero-order valence-electron chi connectivity index (χ0n) is 24.8. The predicted molar refractivity (Wildman–Crippen MR) is 161 cm³/mol. The minimum atomic E-state index is -4.85. The Morgan fingerprint density at radius 2 is 1.60 bits per heavy atom. The number of ether oxygens (including phenoxy) is 1. The lowest BCUT2D eigenvalue weighted by Gasteiger charge is -2.39. The number of rotatable bonds is 7. The van der Waals surface area contributed by atoms with Crippen molar-refractivity contribution in [1.29, 1.82) is 0 Å². The van der Waals surface area contributed by atoms with Crippen LogP contribution in [0.25, 0.3) is 0 Å². The van der Waals surface area contributed by atoms with E-state index in [9.17, 15) is 22.8 Å². The highest BCUT2D eigenvalue weighted by molar-refractivity contribution is 5.35. The molecule has 3 heterocycles. The molecule has 0 amide bonds. The Balaban J connectivity index is 1.42. The molecule has 1 spiro atoms. The second-order valence-electron chi connectivity index (χ2n) is 11.9. The number of hydrogen-bond acceptors (Lipinski definition) is 5. The Bertz CT molecular complexity index is 1830. The maximum atomic E-state index is 15.0. The summed E-state index contributed by atoms with van der Waals surface area (Å²) in [5.41, 5.74) is 5.57. The molecule has 2 aliphatic heterocycles. The van der Waals surface area contributed by atoms with Crippen LogP contribution in [0.3, 0.4) is 0 Å². The first-order valence-electron chi connectivity index (χ1n) is 14.9. The smallest absolute Gasteiger partial charge is 0.364 e.